The minimum Gasteiger partial charge on any atom is -0.376 e. The van der Waals surface area contributed by atoms with E-state index in [-0.39, 0.29) is 18.1 Å². The zero-order valence-corrected chi connectivity index (χ0v) is 11.4. The number of alkyl halides is 3. The molecule has 0 radical (unpaired) electrons. The number of anilines is 1. The van der Waals surface area contributed by atoms with Crippen molar-refractivity contribution in [1.82, 2.24) is 4.90 Å². The number of nitrogens with one attached hydrogen (secondary N) is 1. The highest BCUT2D eigenvalue weighted by Crippen LogP contribution is 2.37. The SMILES string of the molecule is CCN(C)C(=O)CNc1ccc([N+](=O)[O-])c(C(F)(F)F)c1. The topological polar surface area (TPSA) is 75.5 Å². The molecule has 0 aromatic heterocycles. The van der Waals surface area contributed by atoms with E-state index in [0.29, 0.717) is 12.6 Å². The fourth-order valence-electron chi connectivity index (χ4n) is 1.52. The first-order chi connectivity index (χ1) is 9.66. The van der Waals surface area contributed by atoms with Gasteiger partial charge in [0.05, 0.1) is 11.5 Å². The summed E-state index contributed by atoms with van der Waals surface area (Å²) in [6, 6.07) is 2.52. The lowest BCUT2D eigenvalue weighted by Gasteiger charge is -2.16. The van der Waals surface area contributed by atoms with Crippen molar-refractivity contribution in [2.45, 2.75) is 13.1 Å². The monoisotopic (exact) mass is 305 g/mol. The van der Waals surface area contributed by atoms with Crippen molar-refractivity contribution in [3.05, 3.63) is 33.9 Å². The number of nitro groups is 1. The van der Waals surface area contributed by atoms with Crippen molar-refractivity contribution in [1.29, 1.82) is 0 Å². The third kappa shape index (κ3) is 4.33. The van der Waals surface area contributed by atoms with Crippen molar-refractivity contribution < 1.29 is 22.9 Å². The number of amides is 1. The van der Waals surface area contributed by atoms with Crippen LogP contribution in [0.25, 0.3) is 0 Å². The van der Waals surface area contributed by atoms with Crippen LogP contribution in [0.4, 0.5) is 24.5 Å². The summed E-state index contributed by atoms with van der Waals surface area (Å²) in [4.78, 5) is 22.4. The molecule has 0 spiro atoms. The molecule has 0 aliphatic carbocycles. The summed E-state index contributed by atoms with van der Waals surface area (Å²) in [5.41, 5.74) is -2.38. The maximum Gasteiger partial charge on any atom is 0.423 e. The lowest BCUT2D eigenvalue weighted by atomic mass is 10.1. The van der Waals surface area contributed by atoms with Gasteiger partial charge in [0.1, 0.15) is 5.56 Å². The van der Waals surface area contributed by atoms with Gasteiger partial charge in [0, 0.05) is 25.3 Å². The van der Waals surface area contributed by atoms with E-state index in [1.165, 1.54) is 4.90 Å². The number of likely N-dealkylation sites (N-methyl/N-ethyl adjacent to an activating group) is 1. The molecule has 0 aliphatic heterocycles. The second-order valence-corrected chi connectivity index (χ2v) is 4.25. The van der Waals surface area contributed by atoms with Crippen LogP contribution >= 0.6 is 0 Å². The Labute approximate surface area is 118 Å². The van der Waals surface area contributed by atoms with Gasteiger partial charge in [0.25, 0.3) is 5.69 Å². The van der Waals surface area contributed by atoms with Crippen LogP contribution in [0.5, 0.6) is 0 Å². The number of nitro benzene ring substituents is 1. The molecule has 1 aromatic carbocycles. The average molecular weight is 305 g/mol. The van der Waals surface area contributed by atoms with Crippen molar-refractivity contribution in [3.8, 4) is 0 Å². The van der Waals surface area contributed by atoms with E-state index < -0.39 is 22.4 Å². The van der Waals surface area contributed by atoms with E-state index in [0.717, 1.165) is 12.1 Å². The number of hydrogen-bond donors (Lipinski definition) is 1. The fourth-order valence-corrected chi connectivity index (χ4v) is 1.52. The predicted molar refractivity (Wildman–Crippen MR) is 69.9 cm³/mol. The average Bonchev–Trinajstić information content (AvgIpc) is 2.42. The Morgan fingerprint density at radius 2 is 2.05 bits per heavy atom. The van der Waals surface area contributed by atoms with Crippen LogP contribution < -0.4 is 5.32 Å². The van der Waals surface area contributed by atoms with E-state index in [1.54, 1.807) is 14.0 Å². The first-order valence-corrected chi connectivity index (χ1v) is 6.00. The molecule has 0 bridgehead atoms. The number of nitrogens with zero attached hydrogens (tertiary/aromatic N) is 2. The van der Waals surface area contributed by atoms with Crippen LogP contribution in [0.3, 0.4) is 0 Å². The lowest BCUT2D eigenvalue weighted by molar-refractivity contribution is -0.388. The number of hydrogen-bond acceptors (Lipinski definition) is 4. The summed E-state index contributed by atoms with van der Waals surface area (Å²) in [6.07, 6.45) is -4.84. The molecule has 0 fully saturated rings. The summed E-state index contributed by atoms with van der Waals surface area (Å²) in [5, 5.41) is 13.1. The zero-order chi connectivity index (χ0) is 16.2. The molecule has 0 saturated heterocycles. The molecule has 1 aromatic rings. The Bertz CT molecular complexity index is 546. The Morgan fingerprint density at radius 3 is 2.52 bits per heavy atom. The Kier molecular flexibility index (Phi) is 5.12. The second-order valence-electron chi connectivity index (χ2n) is 4.25. The third-order valence-electron chi connectivity index (χ3n) is 2.84. The van der Waals surface area contributed by atoms with E-state index >= 15 is 0 Å². The Balaban J connectivity index is 2.96. The van der Waals surface area contributed by atoms with Gasteiger partial charge >= 0.3 is 6.18 Å². The highest BCUT2D eigenvalue weighted by atomic mass is 19.4. The van der Waals surface area contributed by atoms with Crippen molar-refractivity contribution >= 4 is 17.3 Å². The second kappa shape index (κ2) is 6.42. The number of rotatable bonds is 5. The molecule has 0 aliphatic rings. The first-order valence-electron chi connectivity index (χ1n) is 6.00. The highest BCUT2D eigenvalue weighted by Gasteiger charge is 2.38. The molecule has 1 rings (SSSR count). The first kappa shape index (κ1) is 16.7. The van der Waals surface area contributed by atoms with Gasteiger partial charge < -0.3 is 10.2 Å². The van der Waals surface area contributed by atoms with Crippen molar-refractivity contribution in [2.24, 2.45) is 0 Å². The van der Waals surface area contributed by atoms with Gasteiger partial charge in [-0.25, -0.2) is 0 Å². The van der Waals surface area contributed by atoms with E-state index in [4.69, 9.17) is 0 Å². The summed E-state index contributed by atoms with van der Waals surface area (Å²) >= 11 is 0. The van der Waals surface area contributed by atoms with Crippen LogP contribution in [-0.4, -0.2) is 35.9 Å². The Hall–Kier alpha value is -2.32. The summed E-state index contributed by atoms with van der Waals surface area (Å²) in [5.74, 6) is -0.301. The van der Waals surface area contributed by atoms with Crippen LogP contribution in [0.15, 0.2) is 18.2 Å². The van der Waals surface area contributed by atoms with Crippen LogP contribution in [0.2, 0.25) is 0 Å². The van der Waals surface area contributed by atoms with Gasteiger partial charge in [-0.05, 0) is 19.1 Å². The normalized spacial score (nSPS) is 11.1. The van der Waals surface area contributed by atoms with Gasteiger partial charge in [-0.3, -0.25) is 14.9 Å². The van der Waals surface area contributed by atoms with Crippen LogP contribution in [-0.2, 0) is 11.0 Å². The molecule has 6 nitrogen and oxygen atoms in total. The van der Waals surface area contributed by atoms with Gasteiger partial charge in [-0.2, -0.15) is 13.2 Å². The maximum atomic E-state index is 12.8. The molecule has 0 unspecified atom stereocenters. The minimum atomic E-state index is -4.84. The zero-order valence-electron chi connectivity index (χ0n) is 11.4. The molecule has 0 atom stereocenters. The van der Waals surface area contributed by atoms with Gasteiger partial charge in [0.15, 0.2) is 0 Å². The quantitative estimate of drug-likeness (QED) is 0.670. The number of carbonyl (C=O) groups excluding carboxylic acids is 1. The van der Waals surface area contributed by atoms with Crippen molar-refractivity contribution in [3.63, 3.8) is 0 Å². The van der Waals surface area contributed by atoms with Crippen LogP contribution in [0, 0.1) is 10.1 Å². The predicted octanol–water partition coefficient (Wildman–Crippen LogP) is 2.50. The van der Waals surface area contributed by atoms with E-state index in [9.17, 15) is 28.1 Å². The van der Waals surface area contributed by atoms with E-state index in [2.05, 4.69) is 5.32 Å². The lowest BCUT2D eigenvalue weighted by Crippen LogP contribution is -2.31. The van der Waals surface area contributed by atoms with Crippen molar-refractivity contribution in [2.75, 3.05) is 25.5 Å². The summed E-state index contributed by atoms with van der Waals surface area (Å²) in [7, 11) is 1.56. The highest BCUT2D eigenvalue weighted by molar-refractivity contribution is 5.80. The molecule has 0 heterocycles. The molecule has 1 amide bonds. The third-order valence-corrected chi connectivity index (χ3v) is 2.84. The number of benzene rings is 1. The summed E-state index contributed by atoms with van der Waals surface area (Å²) in [6.45, 7) is 2.03. The molecule has 1 N–H and O–H groups in total. The molecule has 0 saturated carbocycles. The smallest absolute Gasteiger partial charge is 0.376 e. The number of halogens is 3. The van der Waals surface area contributed by atoms with Gasteiger partial charge in [0.2, 0.25) is 5.91 Å². The Morgan fingerprint density at radius 1 is 1.43 bits per heavy atom. The van der Waals surface area contributed by atoms with Gasteiger partial charge in [-0.1, -0.05) is 0 Å². The number of carbonyl (C=O) groups is 1. The summed E-state index contributed by atoms with van der Waals surface area (Å²) < 4.78 is 38.3. The van der Waals surface area contributed by atoms with E-state index in [1.807, 2.05) is 0 Å². The standard InChI is InChI=1S/C12H14F3N3O3/c1-3-17(2)11(19)7-16-8-4-5-10(18(20)21)9(6-8)12(13,14)15/h4-6,16H,3,7H2,1-2H3. The minimum absolute atomic E-state index is 0.00854. The molecular weight excluding hydrogens is 291 g/mol. The van der Waals surface area contributed by atoms with Gasteiger partial charge in [-0.15, -0.1) is 0 Å². The fraction of sp³-hybridized carbons (Fsp3) is 0.417. The van der Waals surface area contributed by atoms with Crippen LogP contribution in [0.1, 0.15) is 12.5 Å². The molecule has 116 valence electrons. The molecule has 9 heteroatoms. The molecular formula is C12H14F3N3O3. The largest absolute Gasteiger partial charge is 0.423 e. The maximum absolute atomic E-state index is 12.8. The molecule has 21 heavy (non-hydrogen) atoms.